The van der Waals surface area contributed by atoms with Crippen molar-refractivity contribution in [3.63, 3.8) is 0 Å². The summed E-state index contributed by atoms with van der Waals surface area (Å²) in [6.07, 6.45) is 3.91. The lowest BCUT2D eigenvalue weighted by molar-refractivity contribution is -0.122. The van der Waals surface area contributed by atoms with Crippen LogP contribution in [-0.2, 0) is 4.79 Å². The van der Waals surface area contributed by atoms with E-state index in [9.17, 15) is 4.79 Å². The van der Waals surface area contributed by atoms with Gasteiger partial charge in [0.05, 0.1) is 0 Å². The molecule has 1 aliphatic heterocycles. The average molecular weight is 273 g/mol. The highest BCUT2D eigenvalue weighted by Gasteiger charge is 2.34. The summed E-state index contributed by atoms with van der Waals surface area (Å²) in [7, 11) is 0. The zero-order valence-corrected chi connectivity index (χ0v) is 11.8. The van der Waals surface area contributed by atoms with Crippen LogP contribution in [0.4, 0.5) is 0 Å². The molecule has 2 fully saturated rings. The predicted octanol–water partition coefficient (Wildman–Crippen LogP) is 1.29. The van der Waals surface area contributed by atoms with Gasteiger partial charge in [0.1, 0.15) is 6.04 Å². The Morgan fingerprint density at radius 1 is 1.30 bits per heavy atom. The third kappa shape index (κ3) is 3.19. The number of carbonyl (C=O) groups excluding carboxylic acids is 1. The molecule has 0 bridgehead atoms. The van der Waals surface area contributed by atoms with Crippen LogP contribution in [0.2, 0.25) is 0 Å². The van der Waals surface area contributed by atoms with Crippen LogP contribution >= 0.6 is 0 Å². The summed E-state index contributed by atoms with van der Waals surface area (Å²) >= 11 is 0. The molecule has 3 rings (SSSR count). The first kappa shape index (κ1) is 13.6. The van der Waals surface area contributed by atoms with E-state index in [1.807, 2.05) is 30.3 Å². The monoisotopic (exact) mass is 273 g/mol. The van der Waals surface area contributed by atoms with Gasteiger partial charge in [-0.25, -0.2) is 0 Å². The molecule has 0 radical (unpaired) electrons. The first-order valence-electron chi connectivity index (χ1n) is 7.56. The molecule has 20 heavy (non-hydrogen) atoms. The number of nitrogens with one attached hydrogen (secondary N) is 1. The molecule has 4 heteroatoms. The highest BCUT2D eigenvalue weighted by Crippen LogP contribution is 2.31. The molecule has 1 aromatic rings. The SMILES string of the molecule is N[C@H](C(=O)NCC1CCN(C2CC2)C1)c1ccccc1. The fraction of sp³-hybridized carbons (Fsp3) is 0.562. The van der Waals surface area contributed by atoms with Gasteiger partial charge in [-0.1, -0.05) is 30.3 Å². The summed E-state index contributed by atoms with van der Waals surface area (Å²) in [5.74, 6) is 0.517. The number of amides is 1. The molecule has 1 saturated heterocycles. The van der Waals surface area contributed by atoms with Gasteiger partial charge in [0.2, 0.25) is 5.91 Å². The maximum Gasteiger partial charge on any atom is 0.241 e. The van der Waals surface area contributed by atoms with Crippen molar-refractivity contribution in [1.29, 1.82) is 0 Å². The number of hydrogen-bond acceptors (Lipinski definition) is 3. The van der Waals surface area contributed by atoms with Gasteiger partial charge in [0.25, 0.3) is 0 Å². The Labute approximate surface area is 120 Å². The maximum atomic E-state index is 12.1. The van der Waals surface area contributed by atoms with Gasteiger partial charge in [-0.3, -0.25) is 4.79 Å². The molecule has 1 aliphatic carbocycles. The molecule has 1 unspecified atom stereocenters. The molecule has 4 nitrogen and oxygen atoms in total. The van der Waals surface area contributed by atoms with E-state index < -0.39 is 6.04 Å². The number of nitrogens with zero attached hydrogens (tertiary/aromatic N) is 1. The van der Waals surface area contributed by atoms with Crippen molar-refractivity contribution in [3.8, 4) is 0 Å². The third-order valence-corrected chi connectivity index (χ3v) is 4.39. The summed E-state index contributed by atoms with van der Waals surface area (Å²) < 4.78 is 0. The molecular weight excluding hydrogens is 250 g/mol. The minimum absolute atomic E-state index is 0.0685. The average Bonchev–Trinajstić information content (AvgIpc) is 3.24. The molecular formula is C16H23N3O. The highest BCUT2D eigenvalue weighted by atomic mass is 16.2. The Balaban J connectivity index is 1.45. The van der Waals surface area contributed by atoms with Crippen LogP contribution in [0.15, 0.2) is 30.3 Å². The van der Waals surface area contributed by atoms with Crippen LogP contribution < -0.4 is 11.1 Å². The van der Waals surface area contributed by atoms with Crippen molar-refractivity contribution >= 4 is 5.91 Å². The Kier molecular flexibility index (Phi) is 4.03. The molecule has 0 aromatic heterocycles. The normalized spacial score (nSPS) is 24.6. The Morgan fingerprint density at radius 2 is 2.05 bits per heavy atom. The van der Waals surface area contributed by atoms with Crippen molar-refractivity contribution in [2.24, 2.45) is 11.7 Å². The number of carbonyl (C=O) groups is 1. The zero-order chi connectivity index (χ0) is 13.9. The number of rotatable bonds is 5. The van der Waals surface area contributed by atoms with Crippen LogP contribution in [0.1, 0.15) is 30.9 Å². The fourth-order valence-corrected chi connectivity index (χ4v) is 2.97. The van der Waals surface area contributed by atoms with Gasteiger partial charge in [0.15, 0.2) is 0 Å². The third-order valence-electron chi connectivity index (χ3n) is 4.39. The van der Waals surface area contributed by atoms with Gasteiger partial charge in [-0.2, -0.15) is 0 Å². The lowest BCUT2D eigenvalue weighted by atomic mass is 10.1. The number of hydrogen-bond donors (Lipinski definition) is 2. The second kappa shape index (κ2) is 5.94. The van der Waals surface area contributed by atoms with Gasteiger partial charge >= 0.3 is 0 Å². The lowest BCUT2D eigenvalue weighted by Crippen LogP contribution is -2.37. The topological polar surface area (TPSA) is 58.4 Å². The summed E-state index contributed by atoms with van der Waals surface area (Å²) in [4.78, 5) is 14.6. The Hall–Kier alpha value is -1.39. The van der Waals surface area contributed by atoms with Crippen LogP contribution in [0.25, 0.3) is 0 Å². The number of nitrogens with two attached hydrogens (primary N) is 1. The zero-order valence-electron chi connectivity index (χ0n) is 11.8. The maximum absolute atomic E-state index is 12.1. The first-order chi connectivity index (χ1) is 9.74. The van der Waals surface area contributed by atoms with E-state index in [2.05, 4.69) is 10.2 Å². The van der Waals surface area contributed by atoms with Gasteiger partial charge < -0.3 is 16.0 Å². The standard InChI is InChI=1S/C16H23N3O/c17-15(13-4-2-1-3-5-13)16(20)18-10-12-8-9-19(11-12)14-6-7-14/h1-5,12,14-15H,6-11,17H2,(H,18,20)/t12?,15-/m0/s1. The van der Waals surface area contributed by atoms with E-state index >= 15 is 0 Å². The Bertz CT molecular complexity index is 458. The van der Waals surface area contributed by atoms with Crippen LogP contribution in [-0.4, -0.2) is 36.5 Å². The second-order valence-electron chi connectivity index (χ2n) is 6.01. The molecule has 3 N–H and O–H groups in total. The molecule has 108 valence electrons. The molecule has 1 saturated carbocycles. The smallest absolute Gasteiger partial charge is 0.241 e. The van der Waals surface area contributed by atoms with Crippen LogP contribution in [0.5, 0.6) is 0 Å². The molecule has 0 spiro atoms. The highest BCUT2D eigenvalue weighted by molar-refractivity contribution is 5.82. The second-order valence-corrected chi connectivity index (χ2v) is 6.01. The summed E-state index contributed by atoms with van der Waals surface area (Å²) in [6.45, 7) is 3.07. The fourth-order valence-electron chi connectivity index (χ4n) is 2.97. The minimum atomic E-state index is -0.558. The van der Waals surface area contributed by atoms with E-state index in [1.165, 1.54) is 25.8 Å². The van der Waals surface area contributed by atoms with Gasteiger partial charge in [-0.15, -0.1) is 0 Å². The van der Waals surface area contributed by atoms with Gasteiger partial charge in [-0.05, 0) is 37.3 Å². The van der Waals surface area contributed by atoms with Crippen molar-refractivity contribution < 1.29 is 4.79 Å². The largest absolute Gasteiger partial charge is 0.354 e. The predicted molar refractivity (Wildman–Crippen MR) is 79.1 cm³/mol. The van der Waals surface area contributed by atoms with Crippen LogP contribution in [0.3, 0.4) is 0 Å². The molecule has 1 aromatic carbocycles. The van der Waals surface area contributed by atoms with E-state index in [1.54, 1.807) is 0 Å². The number of benzene rings is 1. The number of likely N-dealkylation sites (tertiary alicyclic amines) is 1. The minimum Gasteiger partial charge on any atom is -0.354 e. The quantitative estimate of drug-likeness (QED) is 0.850. The summed E-state index contributed by atoms with van der Waals surface area (Å²) in [5.41, 5.74) is 6.86. The molecule has 2 aliphatic rings. The van der Waals surface area contributed by atoms with E-state index in [0.29, 0.717) is 5.92 Å². The summed E-state index contributed by atoms with van der Waals surface area (Å²) in [5, 5.41) is 3.01. The van der Waals surface area contributed by atoms with Crippen molar-refractivity contribution in [1.82, 2.24) is 10.2 Å². The van der Waals surface area contributed by atoms with E-state index in [4.69, 9.17) is 5.73 Å². The van der Waals surface area contributed by atoms with Crippen molar-refractivity contribution in [3.05, 3.63) is 35.9 Å². The van der Waals surface area contributed by atoms with E-state index in [0.717, 1.165) is 24.7 Å². The lowest BCUT2D eigenvalue weighted by Gasteiger charge is -2.17. The molecule has 2 atom stereocenters. The summed E-state index contributed by atoms with van der Waals surface area (Å²) in [6, 6.07) is 9.82. The van der Waals surface area contributed by atoms with Gasteiger partial charge in [0, 0.05) is 19.1 Å². The van der Waals surface area contributed by atoms with Crippen molar-refractivity contribution in [2.75, 3.05) is 19.6 Å². The van der Waals surface area contributed by atoms with Crippen LogP contribution in [0, 0.1) is 5.92 Å². The molecule has 1 heterocycles. The Morgan fingerprint density at radius 3 is 2.75 bits per heavy atom. The van der Waals surface area contributed by atoms with E-state index in [-0.39, 0.29) is 5.91 Å². The van der Waals surface area contributed by atoms with Crippen molar-refractivity contribution in [2.45, 2.75) is 31.3 Å². The molecule has 1 amide bonds. The first-order valence-corrected chi connectivity index (χ1v) is 7.56.